The molecule has 4 nitrogen and oxygen atoms in total. The second kappa shape index (κ2) is 8.40. The fourth-order valence-corrected chi connectivity index (χ4v) is 1.81. The normalized spacial score (nSPS) is 11.7. The molecule has 0 heterocycles. The Morgan fingerprint density at radius 3 is 2.47 bits per heavy atom. The standard InChI is InChI=1S/C15H23NO3/c1-4-6-7-14(15(17)18-3)16-12-8-10-13(11-9-12)19-5-2/h8-11,14,16H,4-7H2,1-3H3. The predicted molar refractivity (Wildman–Crippen MR) is 76.6 cm³/mol. The van der Waals surface area contributed by atoms with Crippen LogP contribution in [-0.4, -0.2) is 25.7 Å². The van der Waals surface area contributed by atoms with E-state index >= 15 is 0 Å². The average Bonchev–Trinajstić information content (AvgIpc) is 2.44. The van der Waals surface area contributed by atoms with E-state index in [0.29, 0.717) is 6.61 Å². The molecular formula is C15H23NO3. The lowest BCUT2D eigenvalue weighted by Crippen LogP contribution is -2.30. The minimum atomic E-state index is -0.289. The van der Waals surface area contributed by atoms with Crippen LogP contribution in [0.25, 0.3) is 0 Å². The van der Waals surface area contributed by atoms with Crippen molar-refractivity contribution in [1.29, 1.82) is 0 Å². The molecule has 0 bridgehead atoms. The van der Waals surface area contributed by atoms with Crippen molar-refractivity contribution in [2.75, 3.05) is 19.0 Å². The molecule has 1 aromatic carbocycles. The van der Waals surface area contributed by atoms with Gasteiger partial charge in [0.2, 0.25) is 0 Å². The van der Waals surface area contributed by atoms with Crippen LogP contribution in [0.5, 0.6) is 5.75 Å². The van der Waals surface area contributed by atoms with Gasteiger partial charge < -0.3 is 14.8 Å². The topological polar surface area (TPSA) is 47.6 Å². The third-order valence-electron chi connectivity index (χ3n) is 2.84. The van der Waals surface area contributed by atoms with E-state index in [4.69, 9.17) is 9.47 Å². The van der Waals surface area contributed by atoms with Gasteiger partial charge in [-0.15, -0.1) is 0 Å². The van der Waals surface area contributed by atoms with E-state index < -0.39 is 0 Å². The molecule has 0 aliphatic carbocycles. The Labute approximate surface area is 115 Å². The van der Waals surface area contributed by atoms with Crippen LogP contribution < -0.4 is 10.1 Å². The first-order chi connectivity index (χ1) is 9.21. The van der Waals surface area contributed by atoms with Gasteiger partial charge in [-0.1, -0.05) is 19.8 Å². The van der Waals surface area contributed by atoms with Gasteiger partial charge in [-0.2, -0.15) is 0 Å². The SMILES string of the molecule is CCCCC(Nc1ccc(OCC)cc1)C(=O)OC. The number of ether oxygens (including phenoxy) is 2. The number of carbonyl (C=O) groups excluding carboxylic acids is 1. The number of benzene rings is 1. The van der Waals surface area contributed by atoms with Crippen LogP contribution in [0.1, 0.15) is 33.1 Å². The maximum atomic E-state index is 11.7. The first kappa shape index (κ1) is 15.3. The van der Waals surface area contributed by atoms with Gasteiger partial charge in [0.15, 0.2) is 0 Å². The molecule has 1 atom stereocenters. The van der Waals surface area contributed by atoms with Crippen LogP contribution in [0.15, 0.2) is 24.3 Å². The number of nitrogens with one attached hydrogen (secondary N) is 1. The first-order valence-corrected chi connectivity index (χ1v) is 6.78. The molecule has 0 aliphatic rings. The highest BCUT2D eigenvalue weighted by Gasteiger charge is 2.18. The van der Waals surface area contributed by atoms with Crippen molar-refractivity contribution in [3.05, 3.63) is 24.3 Å². The summed E-state index contributed by atoms with van der Waals surface area (Å²) in [5, 5.41) is 3.20. The maximum Gasteiger partial charge on any atom is 0.328 e. The van der Waals surface area contributed by atoms with Gasteiger partial charge in [-0.25, -0.2) is 4.79 Å². The summed E-state index contributed by atoms with van der Waals surface area (Å²) in [4.78, 5) is 11.7. The molecule has 1 N–H and O–H groups in total. The smallest absolute Gasteiger partial charge is 0.328 e. The Morgan fingerprint density at radius 2 is 1.95 bits per heavy atom. The summed E-state index contributed by atoms with van der Waals surface area (Å²) in [5.74, 6) is 0.610. The molecule has 1 rings (SSSR count). The average molecular weight is 265 g/mol. The first-order valence-electron chi connectivity index (χ1n) is 6.78. The molecule has 106 valence electrons. The number of rotatable bonds is 8. The van der Waals surface area contributed by atoms with Gasteiger partial charge in [0.1, 0.15) is 11.8 Å². The molecule has 0 aliphatic heterocycles. The van der Waals surface area contributed by atoms with E-state index in [9.17, 15) is 4.79 Å². The van der Waals surface area contributed by atoms with E-state index in [0.717, 1.165) is 30.7 Å². The molecule has 1 aromatic rings. The zero-order chi connectivity index (χ0) is 14.1. The summed E-state index contributed by atoms with van der Waals surface area (Å²) >= 11 is 0. The largest absolute Gasteiger partial charge is 0.494 e. The maximum absolute atomic E-state index is 11.7. The summed E-state index contributed by atoms with van der Waals surface area (Å²) in [5.41, 5.74) is 0.898. The second-order valence-electron chi connectivity index (χ2n) is 4.32. The van der Waals surface area contributed by atoms with Gasteiger partial charge in [0, 0.05) is 5.69 Å². The Bertz CT molecular complexity index is 375. The monoisotopic (exact) mass is 265 g/mol. The fraction of sp³-hybridized carbons (Fsp3) is 0.533. The van der Waals surface area contributed by atoms with Gasteiger partial charge in [-0.05, 0) is 37.6 Å². The molecule has 0 saturated heterocycles. The number of hydrogen-bond donors (Lipinski definition) is 1. The van der Waals surface area contributed by atoms with Gasteiger partial charge in [-0.3, -0.25) is 0 Å². The summed E-state index contributed by atoms with van der Waals surface area (Å²) in [7, 11) is 1.42. The fourth-order valence-electron chi connectivity index (χ4n) is 1.81. The molecular weight excluding hydrogens is 242 g/mol. The van der Waals surface area contributed by atoms with Crippen molar-refractivity contribution in [2.45, 2.75) is 39.2 Å². The highest BCUT2D eigenvalue weighted by atomic mass is 16.5. The van der Waals surface area contributed by atoms with Crippen molar-refractivity contribution < 1.29 is 14.3 Å². The molecule has 0 aromatic heterocycles. The van der Waals surface area contributed by atoms with Crippen LogP contribution in [-0.2, 0) is 9.53 Å². The summed E-state index contributed by atoms with van der Waals surface area (Å²) < 4.78 is 10.2. The Balaban J connectivity index is 2.64. The zero-order valence-electron chi connectivity index (χ0n) is 11.9. The lowest BCUT2D eigenvalue weighted by molar-refractivity contribution is -0.141. The Hall–Kier alpha value is -1.71. The summed E-state index contributed by atoms with van der Waals surface area (Å²) in [6, 6.07) is 7.31. The minimum absolute atomic E-state index is 0.220. The van der Waals surface area contributed by atoms with Crippen LogP contribution in [0.4, 0.5) is 5.69 Å². The van der Waals surface area contributed by atoms with Crippen LogP contribution >= 0.6 is 0 Å². The third kappa shape index (κ3) is 5.20. The Morgan fingerprint density at radius 1 is 1.26 bits per heavy atom. The quantitative estimate of drug-likeness (QED) is 0.733. The molecule has 19 heavy (non-hydrogen) atoms. The van der Waals surface area contributed by atoms with Crippen molar-refractivity contribution >= 4 is 11.7 Å². The summed E-state index contributed by atoms with van der Waals surface area (Å²) in [6.07, 6.45) is 2.82. The lowest BCUT2D eigenvalue weighted by atomic mass is 10.1. The zero-order valence-corrected chi connectivity index (χ0v) is 11.9. The van der Waals surface area contributed by atoms with E-state index in [1.54, 1.807) is 0 Å². The van der Waals surface area contributed by atoms with Crippen LogP contribution in [0.3, 0.4) is 0 Å². The number of methoxy groups -OCH3 is 1. The van der Waals surface area contributed by atoms with Gasteiger partial charge in [0.05, 0.1) is 13.7 Å². The van der Waals surface area contributed by atoms with E-state index in [-0.39, 0.29) is 12.0 Å². The van der Waals surface area contributed by atoms with Crippen molar-refractivity contribution in [3.63, 3.8) is 0 Å². The van der Waals surface area contributed by atoms with Crippen molar-refractivity contribution in [3.8, 4) is 5.75 Å². The minimum Gasteiger partial charge on any atom is -0.494 e. The highest BCUT2D eigenvalue weighted by Crippen LogP contribution is 2.18. The third-order valence-corrected chi connectivity index (χ3v) is 2.84. The molecule has 0 saturated carbocycles. The molecule has 0 radical (unpaired) electrons. The molecule has 0 spiro atoms. The van der Waals surface area contributed by atoms with Crippen molar-refractivity contribution in [2.24, 2.45) is 0 Å². The van der Waals surface area contributed by atoms with Crippen molar-refractivity contribution in [1.82, 2.24) is 0 Å². The molecule has 0 amide bonds. The number of esters is 1. The number of anilines is 1. The molecule has 0 fully saturated rings. The Kier molecular flexibility index (Phi) is 6.79. The molecule has 4 heteroatoms. The predicted octanol–water partition coefficient (Wildman–Crippen LogP) is 3.23. The van der Waals surface area contributed by atoms with Crippen LogP contribution in [0.2, 0.25) is 0 Å². The van der Waals surface area contributed by atoms with E-state index in [2.05, 4.69) is 12.2 Å². The number of hydrogen-bond acceptors (Lipinski definition) is 4. The lowest BCUT2D eigenvalue weighted by Gasteiger charge is -2.17. The number of unbranched alkanes of at least 4 members (excludes halogenated alkanes) is 1. The highest BCUT2D eigenvalue weighted by molar-refractivity contribution is 5.79. The van der Waals surface area contributed by atoms with E-state index in [1.807, 2.05) is 31.2 Å². The van der Waals surface area contributed by atoms with E-state index in [1.165, 1.54) is 7.11 Å². The van der Waals surface area contributed by atoms with Gasteiger partial charge in [0.25, 0.3) is 0 Å². The second-order valence-corrected chi connectivity index (χ2v) is 4.32. The number of carbonyl (C=O) groups is 1. The summed E-state index contributed by atoms with van der Waals surface area (Å²) in [6.45, 7) is 4.70. The molecule has 1 unspecified atom stereocenters. The van der Waals surface area contributed by atoms with Crippen LogP contribution in [0, 0.1) is 0 Å². The van der Waals surface area contributed by atoms with Gasteiger partial charge >= 0.3 is 5.97 Å².